The zero-order valence-corrected chi connectivity index (χ0v) is 16.7. The van der Waals surface area contributed by atoms with Crippen LogP contribution in [-0.4, -0.2) is 18.7 Å². The number of halogens is 1. The maximum atomic E-state index is 12.2. The molecular formula is C24H20ClN3O. The van der Waals surface area contributed by atoms with Crippen LogP contribution in [0.15, 0.2) is 77.9 Å². The van der Waals surface area contributed by atoms with Gasteiger partial charge in [0.15, 0.2) is 0 Å². The summed E-state index contributed by atoms with van der Waals surface area (Å²) in [5.41, 5.74) is 5.32. The van der Waals surface area contributed by atoms with E-state index in [1.165, 1.54) is 0 Å². The zero-order chi connectivity index (χ0) is 20.2. The Balaban J connectivity index is 1.52. The lowest BCUT2D eigenvalue weighted by molar-refractivity contribution is -0.119. The fourth-order valence-electron chi connectivity index (χ4n) is 3.37. The molecule has 29 heavy (non-hydrogen) atoms. The van der Waals surface area contributed by atoms with Crippen molar-refractivity contribution in [3.8, 4) is 0 Å². The van der Waals surface area contributed by atoms with Crippen LogP contribution in [0.4, 0.5) is 5.69 Å². The van der Waals surface area contributed by atoms with Crippen molar-refractivity contribution < 1.29 is 4.79 Å². The van der Waals surface area contributed by atoms with Crippen LogP contribution in [0, 0.1) is 6.92 Å². The minimum atomic E-state index is -0.231. The van der Waals surface area contributed by atoms with Crippen LogP contribution in [0.1, 0.15) is 11.1 Å². The van der Waals surface area contributed by atoms with Gasteiger partial charge in [-0.2, -0.15) is 5.10 Å². The molecule has 0 unspecified atom stereocenters. The van der Waals surface area contributed by atoms with E-state index in [0.717, 1.165) is 38.4 Å². The van der Waals surface area contributed by atoms with Crippen molar-refractivity contribution >= 4 is 51.0 Å². The first-order chi connectivity index (χ1) is 14.1. The maximum Gasteiger partial charge on any atom is 0.259 e. The first kappa shape index (κ1) is 19.0. The van der Waals surface area contributed by atoms with E-state index in [9.17, 15) is 4.79 Å². The molecule has 0 bridgehead atoms. The Morgan fingerprint density at radius 2 is 1.62 bits per heavy atom. The minimum absolute atomic E-state index is 0.106. The van der Waals surface area contributed by atoms with Crippen molar-refractivity contribution in [2.75, 3.05) is 11.9 Å². The lowest BCUT2D eigenvalue weighted by Crippen LogP contribution is -2.26. The summed E-state index contributed by atoms with van der Waals surface area (Å²) in [6, 6.07) is 24.0. The van der Waals surface area contributed by atoms with Gasteiger partial charge in [-0.1, -0.05) is 66.2 Å². The second-order valence-electron chi connectivity index (χ2n) is 6.79. The molecule has 0 aromatic heterocycles. The normalized spacial score (nSPS) is 11.2. The average molecular weight is 402 g/mol. The molecule has 4 aromatic carbocycles. The molecular weight excluding hydrogens is 382 g/mol. The van der Waals surface area contributed by atoms with Crippen LogP contribution >= 0.6 is 11.6 Å². The molecule has 0 aliphatic carbocycles. The number of benzene rings is 4. The van der Waals surface area contributed by atoms with Gasteiger partial charge in [-0.3, -0.25) is 4.79 Å². The van der Waals surface area contributed by atoms with Crippen molar-refractivity contribution in [1.82, 2.24) is 5.43 Å². The third-order valence-corrected chi connectivity index (χ3v) is 5.31. The highest BCUT2D eigenvalue weighted by atomic mass is 35.5. The molecule has 1 amide bonds. The Labute approximate surface area is 174 Å². The molecule has 0 heterocycles. The summed E-state index contributed by atoms with van der Waals surface area (Å²) in [5.74, 6) is -0.231. The molecule has 0 radical (unpaired) electrons. The molecule has 5 heteroatoms. The SMILES string of the molecule is Cc1c(Cl)cccc1NCC(=O)N/N=C\c1c2ccccc2cc2ccccc12. The van der Waals surface area contributed by atoms with E-state index in [1.54, 1.807) is 6.21 Å². The molecule has 0 spiro atoms. The summed E-state index contributed by atoms with van der Waals surface area (Å²) in [6.45, 7) is 2.02. The number of nitrogens with one attached hydrogen (secondary N) is 2. The second kappa shape index (κ2) is 8.33. The molecule has 2 N–H and O–H groups in total. The van der Waals surface area contributed by atoms with E-state index in [2.05, 4.69) is 46.2 Å². The highest BCUT2D eigenvalue weighted by Gasteiger charge is 2.07. The van der Waals surface area contributed by atoms with Crippen LogP contribution in [0.25, 0.3) is 21.5 Å². The Bertz CT molecular complexity index is 1180. The van der Waals surface area contributed by atoms with Gasteiger partial charge in [0.2, 0.25) is 0 Å². The quantitative estimate of drug-likeness (QED) is 0.263. The topological polar surface area (TPSA) is 53.5 Å². The van der Waals surface area contributed by atoms with Gasteiger partial charge in [0.05, 0.1) is 12.8 Å². The summed E-state index contributed by atoms with van der Waals surface area (Å²) in [6.07, 6.45) is 1.72. The van der Waals surface area contributed by atoms with E-state index in [1.807, 2.05) is 49.4 Å². The van der Waals surface area contributed by atoms with Crippen molar-refractivity contribution in [2.24, 2.45) is 5.10 Å². The molecule has 144 valence electrons. The molecule has 4 nitrogen and oxygen atoms in total. The average Bonchev–Trinajstić information content (AvgIpc) is 2.74. The first-order valence-corrected chi connectivity index (χ1v) is 9.72. The molecule has 0 saturated heterocycles. The van der Waals surface area contributed by atoms with Gasteiger partial charge in [-0.25, -0.2) is 5.43 Å². The summed E-state index contributed by atoms with van der Waals surface area (Å²) in [5, 5.41) is 12.4. The number of rotatable bonds is 5. The summed E-state index contributed by atoms with van der Waals surface area (Å²) in [7, 11) is 0. The van der Waals surface area contributed by atoms with Crippen LogP contribution in [0.2, 0.25) is 5.02 Å². The van der Waals surface area contributed by atoms with Crippen LogP contribution < -0.4 is 10.7 Å². The third-order valence-electron chi connectivity index (χ3n) is 4.90. The maximum absolute atomic E-state index is 12.2. The number of carbonyl (C=O) groups excluding carboxylic acids is 1. The number of carbonyl (C=O) groups is 1. The first-order valence-electron chi connectivity index (χ1n) is 9.35. The van der Waals surface area contributed by atoms with Crippen molar-refractivity contribution in [2.45, 2.75) is 6.92 Å². The zero-order valence-electron chi connectivity index (χ0n) is 15.9. The second-order valence-corrected chi connectivity index (χ2v) is 7.20. The number of fused-ring (bicyclic) bond motifs is 2. The monoisotopic (exact) mass is 401 g/mol. The lowest BCUT2D eigenvalue weighted by Gasteiger charge is -2.10. The van der Waals surface area contributed by atoms with Gasteiger partial charge in [0.1, 0.15) is 0 Å². The van der Waals surface area contributed by atoms with Crippen molar-refractivity contribution in [3.63, 3.8) is 0 Å². The van der Waals surface area contributed by atoms with E-state index in [-0.39, 0.29) is 12.5 Å². The summed E-state index contributed by atoms with van der Waals surface area (Å²) in [4.78, 5) is 12.2. The number of anilines is 1. The van der Waals surface area contributed by atoms with E-state index < -0.39 is 0 Å². The highest BCUT2D eigenvalue weighted by Crippen LogP contribution is 2.27. The van der Waals surface area contributed by atoms with Gasteiger partial charge in [-0.15, -0.1) is 0 Å². The van der Waals surface area contributed by atoms with Crippen molar-refractivity contribution in [1.29, 1.82) is 0 Å². The third kappa shape index (κ3) is 4.08. The number of nitrogens with zero attached hydrogens (tertiary/aromatic N) is 1. The standard InChI is InChI=1S/C24H20ClN3O/c1-16-22(25)11-6-12-23(16)26-15-24(29)28-27-14-21-19-9-4-2-7-17(19)13-18-8-3-5-10-20(18)21/h2-14,26H,15H2,1H3,(H,28,29)/b27-14-. The van der Waals surface area contributed by atoms with E-state index in [4.69, 9.17) is 11.6 Å². The number of amides is 1. The Kier molecular flexibility index (Phi) is 5.45. The molecule has 0 atom stereocenters. The molecule has 0 fully saturated rings. The summed E-state index contributed by atoms with van der Waals surface area (Å²) < 4.78 is 0. The molecule has 4 aromatic rings. The molecule has 4 rings (SSSR count). The van der Waals surface area contributed by atoms with Gasteiger partial charge in [0, 0.05) is 16.3 Å². The predicted molar refractivity (Wildman–Crippen MR) is 122 cm³/mol. The fourth-order valence-corrected chi connectivity index (χ4v) is 3.55. The largest absolute Gasteiger partial charge is 0.376 e. The fraction of sp³-hybridized carbons (Fsp3) is 0.0833. The van der Waals surface area contributed by atoms with Crippen LogP contribution in [0.5, 0.6) is 0 Å². The van der Waals surface area contributed by atoms with E-state index in [0.29, 0.717) is 5.02 Å². The summed E-state index contributed by atoms with van der Waals surface area (Å²) >= 11 is 6.11. The molecule has 0 aliphatic rings. The van der Waals surface area contributed by atoms with Crippen LogP contribution in [-0.2, 0) is 4.79 Å². The highest BCUT2D eigenvalue weighted by molar-refractivity contribution is 6.31. The van der Waals surface area contributed by atoms with Gasteiger partial charge < -0.3 is 5.32 Å². The van der Waals surface area contributed by atoms with Crippen LogP contribution in [0.3, 0.4) is 0 Å². The smallest absolute Gasteiger partial charge is 0.259 e. The lowest BCUT2D eigenvalue weighted by atomic mass is 9.97. The number of hydrogen-bond acceptors (Lipinski definition) is 3. The minimum Gasteiger partial charge on any atom is -0.376 e. The molecule has 0 aliphatic heterocycles. The Morgan fingerprint density at radius 1 is 0.966 bits per heavy atom. The van der Waals surface area contributed by atoms with Gasteiger partial charge in [-0.05, 0) is 52.2 Å². The number of hydrazone groups is 1. The number of hydrogen-bond donors (Lipinski definition) is 2. The molecule has 0 saturated carbocycles. The van der Waals surface area contributed by atoms with E-state index >= 15 is 0 Å². The Morgan fingerprint density at radius 3 is 2.31 bits per heavy atom. The predicted octanol–water partition coefficient (Wildman–Crippen LogP) is 5.52. The van der Waals surface area contributed by atoms with Crippen molar-refractivity contribution in [3.05, 3.63) is 88.9 Å². The van der Waals surface area contributed by atoms with Gasteiger partial charge in [0.25, 0.3) is 5.91 Å². The Hall–Kier alpha value is -3.37. The van der Waals surface area contributed by atoms with Gasteiger partial charge >= 0.3 is 0 Å².